The van der Waals surface area contributed by atoms with Gasteiger partial charge in [0.05, 0.1) is 19.4 Å². The third-order valence-electron chi connectivity index (χ3n) is 3.84. The van der Waals surface area contributed by atoms with E-state index in [1.54, 1.807) is 18.1 Å². The minimum atomic E-state index is -0.0618. The highest BCUT2D eigenvalue weighted by atomic mass is 16.5. The molecule has 0 radical (unpaired) electrons. The minimum Gasteiger partial charge on any atom is -0.496 e. The fraction of sp³-hybridized carbons (Fsp3) is 0.235. The molecule has 2 N–H and O–H groups in total. The van der Waals surface area contributed by atoms with Crippen LogP contribution in [0.5, 0.6) is 5.75 Å². The number of anilines is 1. The molecule has 7 nitrogen and oxygen atoms in total. The number of methoxy groups -OCH3 is 1. The van der Waals surface area contributed by atoms with Crippen molar-refractivity contribution in [1.29, 1.82) is 0 Å². The standard InChI is InChI=1S/C17H19N5O2/c1-12(19-15-5-8-17(24-2)14(9-15)10-23)13-3-6-16(7-4-13)22-11-18-20-21-22/h3-9,11-12,19,23H,10H2,1-2H3. The maximum absolute atomic E-state index is 9.42. The van der Waals surface area contributed by atoms with Crippen LogP contribution in [0, 0.1) is 0 Å². The molecular weight excluding hydrogens is 306 g/mol. The van der Waals surface area contributed by atoms with E-state index >= 15 is 0 Å². The number of rotatable bonds is 6. The van der Waals surface area contributed by atoms with Gasteiger partial charge in [-0.15, -0.1) is 5.10 Å². The number of hydrogen-bond acceptors (Lipinski definition) is 6. The molecule has 3 aromatic rings. The zero-order valence-corrected chi connectivity index (χ0v) is 13.5. The second-order valence-corrected chi connectivity index (χ2v) is 5.40. The molecule has 0 amide bonds. The maximum atomic E-state index is 9.42. The number of ether oxygens (including phenoxy) is 1. The number of nitrogens with one attached hydrogen (secondary N) is 1. The largest absolute Gasteiger partial charge is 0.496 e. The summed E-state index contributed by atoms with van der Waals surface area (Å²) >= 11 is 0. The average molecular weight is 325 g/mol. The summed E-state index contributed by atoms with van der Waals surface area (Å²) in [5.74, 6) is 0.682. The Balaban J connectivity index is 1.74. The number of aliphatic hydroxyl groups is 1. The lowest BCUT2D eigenvalue weighted by molar-refractivity contribution is 0.274. The van der Waals surface area contributed by atoms with Gasteiger partial charge in [-0.05, 0) is 53.2 Å². The second-order valence-electron chi connectivity index (χ2n) is 5.40. The molecule has 1 heterocycles. The number of benzene rings is 2. The van der Waals surface area contributed by atoms with Gasteiger partial charge in [0.2, 0.25) is 0 Å². The van der Waals surface area contributed by atoms with E-state index < -0.39 is 0 Å². The second kappa shape index (κ2) is 7.10. The molecule has 1 aromatic heterocycles. The lowest BCUT2D eigenvalue weighted by Gasteiger charge is -2.17. The molecule has 0 aliphatic rings. The van der Waals surface area contributed by atoms with E-state index in [-0.39, 0.29) is 12.6 Å². The van der Waals surface area contributed by atoms with E-state index in [0.717, 1.165) is 22.5 Å². The molecule has 0 fully saturated rings. The van der Waals surface area contributed by atoms with Crippen LogP contribution in [-0.4, -0.2) is 32.4 Å². The zero-order chi connectivity index (χ0) is 16.9. The molecule has 3 rings (SSSR count). The van der Waals surface area contributed by atoms with Gasteiger partial charge in [0, 0.05) is 17.3 Å². The molecule has 0 aliphatic carbocycles. The van der Waals surface area contributed by atoms with Crippen LogP contribution in [0.4, 0.5) is 5.69 Å². The fourth-order valence-corrected chi connectivity index (χ4v) is 2.52. The summed E-state index contributed by atoms with van der Waals surface area (Å²) in [6.07, 6.45) is 1.56. The van der Waals surface area contributed by atoms with Gasteiger partial charge in [-0.25, -0.2) is 4.68 Å². The first-order chi connectivity index (χ1) is 11.7. The van der Waals surface area contributed by atoms with Crippen LogP contribution in [0.2, 0.25) is 0 Å². The smallest absolute Gasteiger partial charge is 0.143 e. The molecule has 7 heteroatoms. The lowest BCUT2D eigenvalue weighted by atomic mass is 10.1. The molecule has 1 unspecified atom stereocenters. The summed E-state index contributed by atoms with van der Waals surface area (Å²) in [5, 5.41) is 24.0. The van der Waals surface area contributed by atoms with E-state index in [1.165, 1.54) is 0 Å². The van der Waals surface area contributed by atoms with Crippen LogP contribution in [0.25, 0.3) is 5.69 Å². The van der Waals surface area contributed by atoms with Crippen molar-refractivity contribution in [3.8, 4) is 11.4 Å². The topological polar surface area (TPSA) is 85.1 Å². The predicted octanol–water partition coefficient (Wildman–Crippen LogP) is 2.34. The Labute approximate surface area is 139 Å². The summed E-state index contributed by atoms with van der Waals surface area (Å²) in [6.45, 7) is 2.02. The van der Waals surface area contributed by atoms with Crippen molar-refractivity contribution in [2.45, 2.75) is 19.6 Å². The van der Waals surface area contributed by atoms with E-state index in [0.29, 0.717) is 5.75 Å². The van der Waals surface area contributed by atoms with Crippen molar-refractivity contribution in [3.63, 3.8) is 0 Å². The number of hydrogen-bond donors (Lipinski definition) is 2. The molecule has 0 bridgehead atoms. The van der Waals surface area contributed by atoms with E-state index in [9.17, 15) is 5.11 Å². The highest BCUT2D eigenvalue weighted by Gasteiger charge is 2.09. The summed E-state index contributed by atoms with van der Waals surface area (Å²) in [4.78, 5) is 0. The van der Waals surface area contributed by atoms with Gasteiger partial charge < -0.3 is 15.2 Å². The molecule has 2 aromatic carbocycles. The predicted molar refractivity (Wildman–Crippen MR) is 90.1 cm³/mol. The van der Waals surface area contributed by atoms with Gasteiger partial charge in [0.1, 0.15) is 12.1 Å². The van der Waals surface area contributed by atoms with Gasteiger partial charge in [0.25, 0.3) is 0 Å². The SMILES string of the molecule is COc1ccc(NC(C)c2ccc(-n3cnnn3)cc2)cc1CO. The Morgan fingerprint density at radius 2 is 2.00 bits per heavy atom. The van der Waals surface area contributed by atoms with Crippen molar-refractivity contribution < 1.29 is 9.84 Å². The van der Waals surface area contributed by atoms with Crippen LogP contribution in [-0.2, 0) is 6.61 Å². The molecule has 1 atom stereocenters. The van der Waals surface area contributed by atoms with Crippen LogP contribution < -0.4 is 10.1 Å². The van der Waals surface area contributed by atoms with E-state index in [1.807, 2.05) is 42.5 Å². The molecule has 24 heavy (non-hydrogen) atoms. The molecule has 0 saturated carbocycles. The van der Waals surface area contributed by atoms with Gasteiger partial charge >= 0.3 is 0 Å². The van der Waals surface area contributed by atoms with E-state index in [4.69, 9.17) is 4.74 Å². The lowest BCUT2D eigenvalue weighted by Crippen LogP contribution is -2.07. The minimum absolute atomic E-state index is 0.0618. The average Bonchev–Trinajstić information content (AvgIpc) is 3.16. The van der Waals surface area contributed by atoms with Crippen molar-refractivity contribution in [2.75, 3.05) is 12.4 Å². The number of nitrogens with zero attached hydrogens (tertiary/aromatic N) is 4. The fourth-order valence-electron chi connectivity index (χ4n) is 2.52. The Morgan fingerprint density at radius 3 is 2.62 bits per heavy atom. The Hall–Kier alpha value is -2.93. The molecule has 124 valence electrons. The quantitative estimate of drug-likeness (QED) is 0.723. The number of aliphatic hydroxyl groups excluding tert-OH is 1. The maximum Gasteiger partial charge on any atom is 0.143 e. The van der Waals surface area contributed by atoms with Gasteiger partial charge in [0.15, 0.2) is 0 Å². The van der Waals surface area contributed by atoms with Gasteiger partial charge in [-0.2, -0.15) is 0 Å². The summed E-state index contributed by atoms with van der Waals surface area (Å²) in [7, 11) is 1.59. The summed E-state index contributed by atoms with van der Waals surface area (Å²) in [6, 6.07) is 13.8. The molecular formula is C17H19N5O2. The Kier molecular flexibility index (Phi) is 4.72. The zero-order valence-electron chi connectivity index (χ0n) is 13.5. The Bertz CT molecular complexity index is 787. The van der Waals surface area contributed by atoms with Crippen LogP contribution in [0.3, 0.4) is 0 Å². The third-order valence-corrected chi connectivity index (χ3v) is 3.84. The molecule has 0 saturated heterocycles. The van der Waals surface area contributed by atoms with Crippen LogP contribution >= 0.6 is 0 Å². The summed E-state index contributed by atoms with van der Waals surface area (Å²) < 4.78 is 6.83. The van der Waals surface area contributed by atoms with Crippen molar-refractivity contribution in [3.05, 3.63) is 59.9 Å². The Morgan fingerprint density at radius 1 is 1.21 bits per heavy atom. The highest BCUT2D eigenvalue weighted by Crippen LogP contribution is 2.26. The molecule has 0 aliphatic heterocycles. The monoisotopic (exact) mass is 325 g/mol. The van der Waals surface area contributed by atoms with E-state index in [2.05, 4.69) is 27.8 Å². The number of tetrazole rings is 1. The van der Waals surface area contributed by atoms with Crippen molar-refractivity contribution in [2.24, 2.45) is 0 Å². The van der Waals surface area contributed by atoms with Gasteiger partial charge in [-0.3, -0.25) is 0 Å². The van der Waals surface area contributed by atoms with Crippen LogP contribution in [0.15, 0.2) is 48.8 Å². The van der Waals surface area contributed by atoms with Crippen molar-refractivity contribution in [1.82, 2.24) is 20.2 Å². The summed E-state index contributed by atoms with van der Waals surface area (Å²) in [5.41, 5.74) is 3.72. The van der Waals surface area contributed by atoms with Crippen molar-refractivity contribution >= 4 is 5.69 Å². The number of aromatic nitrogens is 4. The first-order valence-electron chi connectivity index (χ1n) is 7.59. The third kappa shape index (κ3) is 3.36. The van der Waals surface area contributed by atoms with Gasteiger partial charge in [-0.1, -0.05) is 12.1 Å². The first-order valence-corrected chi connectivity index (χ1v) is 7.59. The highest BCUT2D eigenvalue weighted by molar-refractivity contribution is 5.52. The first kappa shape index (κ1) is 15.9. The normalized spacial score (nSPS) is 12.0. The molecule has 0 spiro atoms. The van der Waals surface area contributed by atoms with Crippen LogP contribution in [0.1, 0.15) is 24.1 Å².